The predicted molar refractivity (Wildman–Crippen MR) is 50.2 cm³/mol. The van der Waals surface area contributed by atoms with Crippen LogP contribution in [0.1, 0.15) is 0 Å². The fourth-order valence-corrected chi connectivity index (χ4v) is 1.32. The van der Waals surface area contributed by atoms with Crippen molar-refractivity contribution in [2.45, 2.75) is 6.04 Å². The van der Waals surface area contributed by atoms with Gasteiger partial charge in [-0.05, 0) is 0 Å². The van der Waals surface area contributed by atoms with Crippen LogP contribution in [0, 0.1) is 0 Å². The minimum absolute atomic E-state index is 0.0479. The van der Waals surface area contributed by atoms with Crippen molar-refractivity contribution in [3.05, 3.63) is 0 Å². The molecule has 1 saturated heterocycles. The van der Waals surface area contributed by atoms with Crippen LogP contribution >= 0.6 is 0 Å². The maximum absolute atomic E-state index is 11.6. The second-order valence-corrected chi connectivity index (χ2v) is 3.46. The molecule has 1 unspecified atom stereocenters. The van der Waals surface area contributed by atoms with Crippen molar-refractivity contribution in [1.82, 2.24) is 15.1 Å². The van der Waals surface area contributed by atoms with Crippen molar-refractivity contribution < 1.29 is 19.5 Å². The van der Waals surface area contributed by atoms with E-state index in [2.05, 4.69) is 5.32 Å². The van der Waals surface area contributed by atoms with Crippen LogP contribution < -0.4 is 5.32 Å². The van der Waals surface area contributed by atoms with Gasteiger partial charge in [-0.1, -0.05) is 0 Å². The fourth-order valence-electron chi connectivity index (χ4n) is 1.32. The number of aliphatic carboxylic acids is 1. The summed E-state index contributed by atoms with van der Waals surface area (Å²) >= 11 is 0. The van der Waals surface area contributed by atoms with Crippen molar-refractivity contribution in [2.24, 2.45) is 0 Å². The summed E-state index contributed by atoms with van der Waals surface area (Å²) in [6.07, 6.45) is 0. The fraction of sp³-hybridized carbons (Fsp3) is 0.625. The quantitative estimate of drug-likeness (QED) is 0.560. The van der Waals surface area contributed by atoms with Crippen LogP contribution in [0.25, 0.3) is 0 Å². The maximum atomic E-state index is 11.6. The smallest absolute Gasteiger partial charge is 0.328 e. The van der Waals surface area contributed by atoms with Gasteiger partial charge in [-0.15, -0.1) is 0 Å². The molecule has 7 nitrogen and oxygen atoms in total. The van der Waals surface area contributed by atoms with E-state index in [1.807, 2.05) is 0 Å². The summed E-state index contributed by atoms with van der Waals surface area (Å²) < 4.78 is 0. The Labute approximate surface area is 86.6 Å². The minimum Gasteiger partial charge on any atom is -0.480 e. The molecule has 3 amide bonds. The number of hydrogen-bond donors (Lipinski definition) is 2. The molecule has 1 atom stereocenters. The molecule has 1 rings (SSSR count). The Morgan fingerprint density at radius 2 is 2.13 bits per heavy atom. The van der Waals surface area contributed by atoms with E-state index >= 15 is 0 Å². The summed E-state index contributed by atoms with van der Waals surface area (Å²) in [5.74, 6) is -1.46. The summed E-state index contributed by atoms with van der Waals surface area (Å²) in [6, 6.07) is -1.46. The van der Waals surface area contributed by atoms with E-state index in [1.165, 1.54) is 19.0 Å². The molecule has 0 spiro atoms. The highest BCUT2D eigenvalue weighted by Crippen LogP contribution is 2.06. The number of carbonyl (C=O) groups excluding carboxylic acids is 2. The molecule has 0 aromatic rings. The zero-order chi connectivity index (χ0) is 11.6. The number of nitrogens with one attached hydrogen (secondary N) is 1. The molecule has 1 heterocycles. The van der Waals surface area contributed by atoms with Gasteiger partial charge in [0, 0.05) is 20.6 Å². The van der Waals surface area contributed by atoms with E-state index < -0.39 is 18.0 Å². The number of piperazine rings is 1. The Bertz CT molecular complexity index is 302. The Morgan fingerprint density at radius 3 is 2.60 bits per heavy atom. The van der Waals surface area contributed by atoms with Gasteiger partial charge in [-0.25, -0.2) is 9.59 Å². The Morgan fingerprint density at radius 1 is 1.53 bits per heavy atom. The lowest BCUT2D eigenvalue weighted by Crippen LogP contribution is -2.61. The van der Waals surface area contributed by atoms with Gasteiger partial charge >= 0.3 is 12.0 Å². The zero-order valence-electron chi connectivity index (χ0n) is 8.56. The highest BCUT2D eigenvalue weighted by atomic mass is 16.4. The Hall–Kier alpha value is -1.79. The van der Waals surface area contributed by atoms with Crippen LogP contribution in [0.2, 0.25) is 0 Å². The molecule has 0 saturated carbocycles. The number of nitrogens with zero attached hydrogens (tertiary/aromatic N) is 2. The lowest BCUT2D eigenvalue weighted by Gasteiger charge is -2.34. The molecule has 1 aliphatic rings. The largest absolute Gasteiger partial charge is 0.480 e. The first-order valence-corrected chi connectivity index (χ1v) is 4.41. The molecular weight excluding hydrogens is 202 g/mol. The summed E-state index contributed by atoms with van der Waals surface area (Å²) in [5, 5.41) is 11.3. The minimum atomic E-state index is -1.12. The third-order valence-electron chi connectivity index (χ3n) is 2.10. The van der Waals surface area contributed by atoms with Crippen LogP contribution in [0.4, 0.5) is 4.79 Å². The van der Waals surface area contributed by atoms with Gasteiger partial charge in [0.15, 0.2) is 0 Å². The average molecular weight is 215 g/mol. The first kappa shape index (κ1) is 11.3. The number of carboxylic acid groups (broad SMARTS) is 1. The Balaban J connectivity index is 2.83. The first-order valence-electron chi connectivity index (χ1n) is 4.41. The van der Waals surface area contributed by atoms with Crippen LogP contribution in [-0.4, -0.2) is 66.0 Å². The van der Waals surface area contributed by atoms with Gasteiger partial charge < -0.3 is 15.3 Å². The van der Waals surface area contributed by atoms with Gasteiger partial charge in [-0.3, -0.25) is 9.69 Å². The number of carbonyl (C=O) groups is 3. The van der Waals surface area contributed by atoms with Gasteiger partial charge in [-0.2, -0.15) is 0 Å². The van der Waals surface area contributed by atoms with E-state index in [9.17, 15) is 14.4 Å². The van der Waals surface area contributed by atoms with Gasteiger partial charge in [0.25, 0.3) is 0 Å². The van der Waals surface area contributed by atoms with Crippen molar-refractivity contribution in [3.8, 4) is 0 Å². The van der Waals surface area contributed by atoms with Gasteiger partial charge in [0.1, 0.15) is 12.6 Å². The molecule has 0 aromatic heterocycles. The van der Waals surface area contributed by atoms with Crippen LogP contribution in [-0.2, 0) is 9.59 Å². The van der Waals surface area contributed by atoms with Crippen LogP contribution in [0.15, 0.2) is 0 Å². The van der Waals surface area contributed by atoms with Crippen molar-refractivity contribution in [2.75, 3.05) is 27.2 Å². The van der Waals surface area contributed by atoms with Crippen molar-refractivity contribution in [1.29, 1.82) is 0 Å². The molecule has 0 aromatic carbocycles. The molecule has 15 heavy (non-hydrogen) atoms. The molecule has 1 fully saturated rings. The van der Waals surface area contributed by atoms with Gasteiger partial charge in [0.2, 0.25) is 5.91 Å². The summed E-state index contributed by atoms with van der Waals surface area (Å²) in [4.78, 5) is 35.7. The number of hydrogen-bond acceptors (Lipinski definition) is 3. The second-order valence-electron chi connectivity index (χ2n) is 3.46. The average Bonchev–Trinajstić information content (AvgIpc) is 2.15. The first-order chi connectivity index (χ1) is 6.93. The zero-order valence-corrected chi connectivity index (χ0v) is 8.56. The highest BCUT2D eigenvalue weighted by Gasteiger charge is 2.35. The van der Waals surface area contributed by atoms with Crippen molar-refractivity contribution in [3.63, 3.8) is 0 Å². The molecule has 1 aliphatic heterocycles. The molecule has 2 N–H and O–H groups in total. The monoisotopic (exact) mass is 215 g/mol. The van der Waals surface area contributed by atoms with E-state index in [0.717, 1.165) is 4.90 Å². The van der Waals surface area contributed by atoms with Gasteiger partial charge in [0.05, 0.1) is 0 Å². The normalized spacial score (nSPS) is 20.8. The summed E-state index contributed by atoms with van der Waals surface area (Å²) in [5.41, 5.74) is 0. The van der Waals surface area contributed by atoms with E-state index in [-0.39, 0.29) is 19.0 Å². The molecule has 7 heteroatoms. The van der Waals surface area contributed by atoms with E-state index in [4.69, 9.17) is 5.11 Å². The Kier molecular flexibility index (Phi) is 3.13. The van der Waals surface area contributed by atoms with Crippen LogP contribution in [0.5, 0.6) is 0 Å². The summed E-state index contributed by atoms with van der Waals surface area (Å²) in [7, 11) is 3.02. The number of urea groups is 1. The number of rotatable bonds is 1. The van der Waals surface area contributed by atoms with Crippen molar-refractivity contribution >= 4 is 17.9 Å². The molecule has 84 valence electrons. The highest BCUT2D eigenvalue weighted by molar-refractivity contribution is 5.90. The molecule has 0 bridgehead atoms. The predicted octanol–water partition coefficient (Wildman–Crippen LogP) is -1.45. The standard InChI is InChI=1S/C8H13N3O4/c1-10(2)8(15)11-4-6(12)9-3-5(11)7(13)14/h5H,3-4H2,1-2H3,(H,9,12)(H,13,14). The third kappa shape index (κ3) is 2.36. The second kappa shape index (κ2) is 4.16. The summed E-state index contributed by atoms with van der Waals surface area (Å²) in [6.45, 7) is -0.262. The number of carboxylic acids is 1. The SMILES string of the molecule is CN(C)C(=O)N1CC(=O)NCC1C(=O)O. The van der Waals surface area contributed by atoms with E-state index in [0.29, 0.717) is 0 Å². The van der Waals surface area contributed by atoms with E-state index in [1.54, 1.807) is 0 Å². The lowest BCUT2D eigenvalue weighted by atomic mass is 10.2. The third-order valence-corrected chi connectivity index (χ3v) is 2.10. The van der Waals surface area contributed by atoms with Crippen LogP contribution in [0.3, 0.4) is 0 Å². The maximum Gasteiger partial charge on any atom is 0.328 e. The molecule has 0 radical (unpaired) electrons. The molecular formula is C8H13N3O4. The topological polar surface area (TPSA) is 90.0 Å². The molecule has 0 aliphatic carbocycles. The number of amides is 3. The lowest BCUT2D eigenvalue weighted by molar-refractivity contribution is -0.144.